The summed E-state index contributed by atoms with van der Waals surface area (Å²) >= 11 is 1.67. The van der Waals surface area contributed by atoms with Crippen molar-refractivity contribution in [2.45, 2.75) is 26.7 Å². The summed E-state index contributed by atoms with van der Waals surface area (Å²) in [7, 11) is 0. The van der Waals surface area contributed by atoms with Crippen LogP contribution in [0, 0.1) is 13.8 Å². The van der Waals surface area contributed by atoms with Crippen molar-refractivity contribution in [1.82, 2.24) is 0 Å². The molecule has 1 aromatic rings. The molecule has 0 aromatic carbocycles. The van der Waals surface area contributed by atoms with Gasteiger partial charge in [-0.3, -0.25) is 4.79 Å². The average molecular weight is 208 g/mol. The maximum Gasteiger partial charge on any atom is 0.193 e. The molecule has 0 fully saturated rings. The monoisotopic (exact) mass is 208 g/mol. The van der Waals surface area contributed by atoms with Gasteiger partial charge in [-0.05, 0) is 32.3 Å². The molecule has 0 radical (unpaired) electrons. The van der Waals surface area contributed by atoms with Gasteiger partial charge >= 0.3 is 0 Å². The van der Waals surface area contributed by atoms with Crippen molar-refractivity contribution >= 4 is 17.1 Å². The van der Waals surface area contributed by atoms with Gasteiger partial charge in [-0.2, -0.15) is 0 Å². The van der Waals surface area contributed by atoms with E-state index in [0.29, 0.717) is 12.0 Å². The summed E-state index contributed by atoms with van der Waals surface area (Å²) < 4.78 is 0. The van der Waals surface area contributed by atoms with E-state index in [-0.39, 0.29) is 5.78 Å². The zero-order chi connectivity index (χ0) is 10.3. The Morgan fingerprint density at radius 3 is 2.64 bits per heavy atom. The minimum Gasteiger partial charge on any atom is -0.515 e. The third-order valence-electron chi connectivity index (χ3n) is 2.70. The molecule has 3 heteroatoms. The largest absolute Gasteiger partial charge is 0.515 e. The molecule has 0 amide bonds. The van der Waals surface area contributed by atoms with Crippen LogP contribution in [0.25, 0.3) is 0 Å². The van der Waals surface area contributed by atoms with E-state index >= 15 is 0 Å². The van der Waals surface area contributed by atoms with Crippen molar-refractivity contribution in [2.75, 3.05) is 0 Å². The number of Topliss-reactive ketones (excluding diaryl/α,β-unsaturated/α-hetero) is 1. The molecule has 0 bridgehead atoms. The lowest BCUT2D eigenvalue weighted by Gasteiger charge is -2.14. The van der Waals surface area contributed by atoms with Gasteiger partial charge in [-0.1, -0.05) is 0 Å². The van der Waals surface area contributed by atoms with Crippen LogP contribution in [0.4, 0.5) is 0 Å². The maximum absolute atomic E-state index is 11.9. The van der Waals surface area contributed by atoms with Crippen LogP contribution in [0.5, 0.6) is 0 Å². The number of hydrogen-bond acceptors (Lipinski definition) is 3. The quantitative estimate of drug-likeness (QED) is 0.525. The Morgan fingerprint density at radius 2 is 2.00 bits per heavy atom. The van der Waals surface area contributed by atoms with E-state index in [1.54, 1.807) is 11.3 Å². The van der Waals surface area contributed by atoms with Crippen molar-refractivity contribution in [3.05, 3.63) is 32.7 Å². The Morgan fingerprint density at radius 1 is 1.29 bits per heavy atom. The van der Waals surface area contributed by atoms with E-state index < -0.39 is 0 Å². The fourth-order valence-electron chi connectivity index (χ4n) is 1.99. The molecule has 0 atom stereocenters. The second-order valence-electron chi connectivity index (χ2n) is 3.55. The molecular weight excluding hydrogens is 196 g/mol. The average Bonchev–Trinajstić information content (AvgIpc) is 2.44. The third kappa shape index (κ3) is 1.20. The number of hydrogen-bond donors (Lipinski definition) is 1. The molecule has 0 aliphatic heterocycles. The number of aliphatic hydroxyl groups excluding tert-OH is 1. The van der Waals surface area contributed by atoms with E-state index in [4.69, 9.17) is 5.11 Å². The normalized spacial score (nSPS) is 18.7. The molecule has 1 aromatic heterocycles. The van der Waals surface area contributed by atoms with Crippen LogP contribution in [-0.4, -0.2) is 10.9 Å². The molecule has 0 unspecified atom stereocenters. The number of aryl methyl sites for hydroxylation is 2. The molecular formula is C11H12O2S. The van der Waals surface area contributed by atoms with Gasteiger partial charge < -0.3 is 5.11 Å². The van der Waals surface area contributed by atoms with Gasteiger partial charge in [0, 0.05) is 20.9 Å². The summed E-state index contributed by atoms with van der Waals surface area (Å²) in [6, 6.07) is 0. The standard InChI is InChI=1S/C11H12O2S/c1-6-9-4-3-8(5-12)11(13)10(9)7(2)14-6/h5,12H,3-4H2,1-2H3/b8-5+. The topological polar surface area (TPSA) is 37.3 Å². The molecule has 0 spiro atoms. The van der Waals surface area contributed by atoms with E-state index in [1.165, 1.54) is 10.4 Å². The van der Waals surface area contributed by atoms with Crippen molar-refractivity contribution in [2.24, 2.45) is 0 Å². The summed E-state index contributed by atoms with van der Waals surface area (Å²) in [4.78, 5) is 14.2. The van der Waals surface area contributed by atoms with Crippen LogP contribution in [0.1, 0.15) is 32.1 Å². The molecule has 2 nitrogen and oxygen atoms in total. The van der Waals surface area contributed by atoms with Crippen LogP contribution in [0.2, 0.25) is 0 Å². The molecule has 1 heterocycles. The van der Waals surface area contributed by atoms with E-state index in [2.05, 4.69) is 6.92 Å². The Labute approximate surface area is 86.9 Å². The fraction of sp³-hybridized carbons (Fsp3) is 0.364. The zero-order valence-corrected chi connectivity index (χ0v) is 9.07. The first-order chi connectivity index (χ1) is 6.65. The van der Waals surface area contributed by atoms with E-state index in [1.807, 2.05) is 6.92 Å². The molecule has 74 valence electrons. The van der Waals surface area contributed by atoms with Crippen LogP contribution in [0.15, 0.2) is 11.8 Å². The lowest BCUT2D eigenvalue weighted by atomic mass is 9.88. The Bertz CT molecular complexity index is 427. The highest BCUT2D eigenvalue weighted by molar-refractivity contribution is 7.12. The van der Waals surface area contributed by atoms with Crippen LogP contribution < -0.4 is 0 Å². The van der Waals surface area contributed by atoms with Gasteiger partial charge in [0.15, 0.2) is 5.78 Å². The summed E-state index contributed by atoms with van der Waals surface area (Å²) in [5.41, 5.74) is 2.56. The third-order valence-corrected chi connectivity index (χ3v) is 3.77. The van der Waals surface area contributed by atoms with Gasteiger partial charge in [0.2, 0.25) is 0 Å². The first kappa shape index (κ1) is 9.46. The molecule has 1 aliphatic carbocycles. The number of allylic oxidation sites excluding steroid dienone is 1. The zero-order valence-electron chi connectivity index (χ0n) is 8.26. The van der Waals surface area contributed by atoms with Gasteiger partial charge in [-0.25, -0.2) is 0 Å². The summed E-state index contributed by atoms with van der Waals surface area (Å²) in [5.74, 6) is 0.00981. The number of ketones is 1. The number of aliphatic hydroxyl groups is 1. The maximum atomic E-state index is 11.9. The van der Waals surface area contributed by atoms with Crippen molar-refractivity contribution < 1.29 is 9.90 Å². The second kappa shape index (κ2) is 3.24. The first-order valence-electron chi connectivity index (χ1n) is 4.62. The molecule has 0 saturated heterocycles. The lowest BCUT2D eigenvalue weighted by molar-refractivity contribution is 0.102. The van der Waals surface area contributed by atoms with Gasteiger partial charge in [-0.15, -0.1) is 11.3 Å². The Balaban J connectivity index is 2.60. The SMILES string of the molecule is Cc1sc(C)c2c1CC/C(=C\O)C2=O. The summed E-state index contributed by atoms with van der Waals surface area (Å²) in [6.07, 6.45) is 2.50. The van der Waals surface area contributed by atoms with Crippen molar-refractivity contribution in [1.29, 1.82) is 0 Å². The number of fused-ring (bicyclic) bond motifs is 1. The summed E-state index contributed by atoms with van der Waals surface area (Å²) in [6.45, 7) is 4.02. The van der Waals surface area contributed by atoms with Crippen LogP contribution >= 0.6 is 11.3 Å². The minimum absolute atomic E-state index is 0.00981. The predicted octanol–water partition coefficient (Wildman–Crippen LogP) is 2.94. The molecule has 2 rings (SSSR count). The smallest absolute Gasteiger partial charge is 0.193 e. The Kier molecular flexibility index (Phi) is 2.19. The Hall–Kier alpha value is -1.09. The van der Waals surface area contributed by atoms with Gasteiger partial charge in [0.25, 0.3) is 0 Å². The number of carbonyl (C=O) groups is 1. The fourth-order valence-corrected chi connectivity index (χ4v) is 3.09. The van der Waals surface area contributed by atoms with E-state index in [9.17, 15) is 4.79 Å². The highest BCUT2D eigenvalue weighted by atomic mass is 32.1. The number of carbonyl (C=O) groups excluding carboxylic acids is 1. The van der Waals surface area contributed by atoms with E-state index in [0.717, 1.165) is 23.1 Å². The van der Waals surface area contributed by atoms with Gasteiger partial charge in [0.1, 0.15) is 0 Å². The van der Waals surface area contributed by atoms with Gasteiger partial charge in [0.05, 0.1) is 6.26 Å². The highest BCUT2D eigenvalue weighted by Crippen LogP contribution is 2.34. The molecule has 1 N–H and O–H groups in total. The highest BCUT2D eigenvalue weighted by Gasteiger charge is 2.26. The predicted molar refractivity (Wildman–Crippen MR) is 57.2 cm³/mol. The van der Waals surface area contributed by atoms with Crippen LogP contribution in [-0.2, 0) is 6.42 Å². The second-order valence-corrected chi connectivity index (χ2v) is 4.98. The molecule has 0 saturated carbocycles. The van der Waals surface area contributed by atoms with Crippen molar-refractivity contribution in [3.63, 3.8) is 0 Å². The first-order valence-corrected chi connectivity index (χ1v) is 5.43. The molecule has 1 aliphatic rings. The molecule has 14 heavy (non-hydrogen) atoms. The minimum atomic E-state index is 0.00981. The van der Waals surface area contributed by atoms with Crippen LogP contribution in [0.3, 0.4) is 0 Å². The summed E-state index contributed by atoms with van der Waals surface area (Å²) in [5, 5.41) is 8.91. The lowest BCUT2D eigenvalue weighted by Crippen LogP contribution is -2.13. The van der Waals surface area contributed by atoms with Crippen molar-refractivity contribution in [3.8, 4) is 0 Å². The number of rotatable bonds is 0. The number of thiophene rings is 1.